The molecule has 2 N–H and O–H groups in total. The molecule has 0 aliphatic heterocycles. The Morgan fingerprint density at radius 3 is 2.81 bits per heavy atom. The summed E-state index contributed by atoms with van der Waals surface area (Å²) in [6.07, 6.45) is 1.74. The van der Waals surface area contributed by atoms with E-state index in [1.165, 1.54) is 0 Å². The fourth-order valence-corrected chi connectivity index (χ4v) is 2.28. The van der Waals surface area contributed by atoms with Crippen molar-refractivity contribution < 1.29 is 9.26 Å². The molecule has 0 radical (unpaired) electrons. The fourth-order valence-electron chi connectivity index (χ4n) is 2.28. The average Bonchev–Trinajstić information content (AvgIpc) is 2.89. The zero-order valence-corrected chi connectivity index (χ0v) is 11.8. The average molecular weight is 281 g/mol. The number of hydrogen-bond donors (Lipinski definition) is 1. The third-order valence-electron chi connectivity index (χ3n) is 3.34. The van der Waals surface area contributed by atoms with Crippen LogP contribution in [0.2, 0.25) is 0 Å². The Hall–Kier alpha value is -2.82. The van der Waals surface area contributed by atoms with Crippen LogP contribution in [0.25, 0.3) is 22.4 Å². The fraction of sp³-hybridized carbons (Fsp3) is 0.125. The molecule has 3 rings (SSSR count). The van der Waals surface area contributed by atoms with E-state index in [0.717, 1.165) is 28.1 Å². The van der Waals surface area contributed by atoms with Crippen molar-refractivity contribution in [2.75, 3.05) is 12.8 Å². The van der Waals surface area contributed by atoms with Crippen molar-refractivity contribution in [1.82, 2.24) is 10.1 Å². The maximum absolute atomic E-state index is 5.96. The molecule has 0 aliphatic rings. The van der Waals surface area contributed by atoms with Crippen molar-refractivity contribution in [1.29, 1.82) is 0 Å². The first-order chi connectivity index (χ1) is 10.2. The lowest BCUT2D eigenvalue weighted by atomic mass is 10.00. The van der Waals surface area contributed by atoms with Crippen LogP contribution >= 0.6 is 0 Å². The lowest BCUT2D eigenvalue weighted by molar-refractivity contribution is 0.415. The molecule has 0 spiro atoms. The first-order valence-electron chi connectivity index (χ1n) is 6.52. The number of methoxy groups -OCH3 is 1. The van der Waals surface area contributed by atoms with Gasteiger partial charge in [0.2, 0.25) is 5.88 Å². The zero-order valence-electron chi connectivity index (χ0n) is 11.8. The number of pyridine rings is 1. The molecule has 2 heterocycles. The van der Waals surface area contributed by atoms with Gasteiger partial charge in [0.05, 0.1) is 12.7 Å². The number of benzene rings is 1. The van der Waals surface area contributed by atoms with Crippen LogP contribution < -0.4 is 10.5 Å². The van der Waals surface area contributed by atoms with Crippen LogP contribution in [0.15, 0.2) is 47.1 Å². The van der Waals surface area contributed by atoms with Crippen molar-refractivity contribution in [3.8, 4) is 28.1 Å². The Kier molecular flexibility index (Phi) is 3.31. The number of nitrogen functional groups attached to an aromatic ring is 1. The number of aromatic nitrogens is 2. The van der Waals surface area contributed by atoms with Crippen LogP contribution in [0.5, 0.6) is 5.75 Å². The second-order valence-corrected chi connectivity index (χ2v) is 4.64. The summed E-state index contributed by atoms with van der Waals surface area (Å²) in [7, 11) is 1.63. The van der Waals surface area contributed by atoms with Gasteiger partial charge >= 0.3 is 0 Å². The summed E-state index contributed by atoms with van der Waals surface area (Å²) in [4.78, 5) is 4.29. The van der Waals surface area contributed by atoms with Crippen LogP contribution in [0, 0.1) is 6.92 Å². The molecule has 5 nitrogen and oxygen atoms in total. The van der Waals surface area contributed by atoms with E-state index in [4.69, 9.17) is 15.0 Å². The lowest BCUT2D eigenvalue weighted by Gasteiger charge is -2.06. The lowest BCUT2D eigenvalue weighted by Crippen LogP contribution is -1.91. The SMILES string of the molecule is COc1cccc(-c2c(-c3cccnc3C)noc2N)c1. The molecule has 0 unspecified atom stereocenters. The predicted octanol–water partition coefficient (Wildman–Crippen LogP) is 3.30. The van der Waals surface area contributed by atoms with E-state index in [1.807, 2.05) is 43.3 Å². The van der Waals surface area contributed by atoms with Crippen LogP contribution in [0.1, 0.15) is 5.69 Å². The Morgan fingerprint density at radius 2 is 2.05 bits per heavy atom. The summed E-state index contributed by atoms with van der Waals surface area (Å²) in [5.74, 6) is 1.03. The second-order valence-electron chi connectivity index (χ2n) is 4.64. The third-order valence-corrected chi connectivity index (χ3v) is 3.34. The number of aryl methyl sites for hydroxylation is 1. The van der Waals surface area contributed by atoms with E-state index >= 15 is 0 Å². The molecule has 0 amide bonds. The van der Waals surface area contributed by atoms with Crippen LogP contribution in [-0.2, 0) is 0 Å². The minimum absolute atomic E-state index is 0.279. The van der Waals surface area contributed by atoms with Gasteiger partial charge in [-0.1, -0.05) is 17.3 Å². The largest absolute Gasteiger partial charge is 0.497 e. The van der Waals surface area contributed by atoms with E-state index in [0.29, 0.717) is 5.69 Å². The van der Waals surface area contributed by atoms with E-state index in [2.05, 4.69) is 10.1 Å². The maximum Gasteiger partial charge on any atom is 0.230 e. The van der Waals surface area contributed by atoms with E-state index < -0.39 is 0 Å². The molecule has 0 bridgehead atoms. The molecule has 0 fully saturated rings. The van der Waals surface area contributed by atoms with Crippen LogP contribution in [-0.4, -0.2) is 17.3 Å². The molecule has 0 saturated carbocycles. The Labute approximate surface area is 122 Å². The van der Waals surface area contributed by atoms with Gasteiger partial charge in [0.15, 0.2) is 0 Å². The number of anilines is 1. The maximum atomic E-state index is 5.96. The number of nitrogens with two attached hydrogens (primary N) is 1. The molecule has 0 saturated heterocycles. The van der Waals surface area contributed by atoms with Crippen molar-refractivity contribution >= 4 is 5.88 Å². The Bertz CT molecular complexity index is 781. The number of hydrogen-bond acceptors (Lipinski definition) is 5. The molecule has 21 heavy (non-hydrogen) atoms. The monoisotopic (exact) mass is 281 g/mol. The molecule has 2 aromatic heterocycles. The number of nitrogens with zero attached hydrogens (tertiary/aromatic N) is 2. The van der Waals surface area contributed by atoms with Gasteiger partial charge in [-0.05, 0) is 36.8 Å². The first kappa shape index (κ1) is 13.2. The molecule has 0 atom stereocenters. The zero-order chi connectivity index (χ0) is 14.8. The third kappa shape index (κ3) is 2.33. The van der Waals surface area contributed by atoms with Gasteiger partial charge in [-0.2, -0.15) is 0 Å². The van der Waals surface area contributed by atoms with Gasteiger partial charge < -0.3 is 15.0 Å². The summed E-state index contributed by atoms with van der Waals surface area (Å²) in [5.41, 5.74) is 10.1. The van der Waals surface area contributed by atoms with Gasteiger partial charge in [0.25, 0.3) is 0 Å². The second kappa shape index (κ2) is 5.28. The quantitative estimate of drug-likeness (QED) is 0.797. The Morgan fingerprint density at radius 1 is 1.19 bits per heavy atom. The minimum atomic E-state index is 0.279. The summed E-state index contributed by atoms with van der Waals surface area (Å²) in [6, 6.07) is 11.4. The molecule has 106 valence electrons. The van der Waals surface area contributed by atoms with Crippen molar-refractivity contribution in [3.05, 3.63) is 48.3 Å². The summed E-state index contributed by atoms with van der Waals surface area (Å²) in [5, 5.41) is 4.10. The van der Waals surface area contributed by atoms with Crippen molar-refractivity contribution in [3.63, 3.8) is 0 Å². The van der Waals surface area contributed by atoms with Gasteiger partial charge in [-0.3, -0.25) is 4.98 Å². The highest BCUT2D eigenvalue weighted by atomic mass is 16.5. The molecule has 5 heteroatoms. The topological polar surface area (TPSA) is 74.2 Å². The molecular formula is C16H15N3O2. The minimum Gasteiger partial charge on any atom is -0.497 e. The standard InChI is InChI=1S/C16H15N3O2/c1-10-13(7-4-8-18-10)15-14(16(17)21-19-15)11-5-3-6-12(9-11)20-2/h3-9H,17H2,1-2H3. The van der Waals surface area contributed by atoms with E-state index in [-0.39, 0.29) is 5.88 Å². The van der Waals surface area contributed by atoms with Crippen LogP contribution in [0.4, 0.5) is 5.88 Å². The number of rotatable bonds is 3. The highest BCUT2D eigenvalue weighted by Gasteiger charge is 2.19. The van der Waals surface area contributed by atoms with E-state index in [1.54, 1.807) is 13.3 Å². The summed E-state index contributed by atoms with van der Waals surface area (Å²) in [6.45, 7) is 1.93. The normalized spacial score (nSPS) is 10.6. The molecular weight excluding hydrogens is 266 g/mol. The smallest absolute Gasteiger partial charge is 0.230 e. The summed E-state index contributed by atoms with van der Waals surface area (Å²) >= 11 is 0. The van der Waals surface area contributed by atoms with E-state index in [9.17, 15) is 0 Å². The highest BCUT2D eigenvalue weighted by Crippen LogP contribution is 2.37. The molecule has 3 aromatic rings. The Balaban J connectivity index is 2.20. The summed E-state index contributed by atoms with van der Waals surface area (Å²) < 4.78 is 10.5. The van der Waals surface area contributed by atoms with Crippen molar-refractivity contribution in [2.24, 2.45) is 0 Å². The van der Waals surface area contributed by atoms with Gasteiger partial charge in [0, 0.05) is 17.5 Å². The number of ether oxygens (including phenoxy) is 1. The van der Waals surface area contributed by atoms with Gasteiger partial charge in [-0.15, -0.1) is 0 Å². The first-order valence-corrected chi connectivity index (χ1v) is 6.52. The molecule has 0 aliphatic carbocycles. The van der Waals surface area contributed by atoms with Crippen LogP contribution in [0.3, 0.4) is 0 Å². The van der Waals surface area contributed by atoms with Gasteiger partial charge in [-0.25, -0.2) is 0 Å². The highest BCUT2D eigenvalue weighted by molar-refractivity contribution is 5.87. The van der Waals surface area contributed by atoms with Crippen molar-refractivity contribution in [2.45, 2.75) is 6.92 Å². The van der Waals surface area contributed by atoms with Gasteiger partial charge in [0.1, 0.15) is 11.4 Å². The molecule has 1 aromatic carbocycles. The predicted molar refractivity (Wildman–Crippen MR) is 80.9 cm³/mol.